The molecule has 7 heteroatoms. The van der Waals surface area contributed by atoms with Gasteiger partial charge in [-0.3, -0.25) is 14.2 Å². The average molecular weight is 269 g/mol. The smallest absolute Gasteiger partial charge is 0.283 e. The molecule has 0 unspecified atom stereocenters. The minimum absolute atomic E-state index is 0.134. The lowest BCUT2D eigenvalue weighted by atomic mass is 10.2. The monoisotopic (exact) mass is 269 g/mol. The van der Waals surface area contributed by atoms with Gasteiger partial charge in [-0.05, 0) is 25.1 Å². The van der Waals surface area contributed by atoms with E-state index in [1.165, 1.54) is 10.8 Å². The van der Waals surface area contributed by atoms with E-state index in [9.17, 15) is 9.59 Å². The maximum absolute atomic E-state index is 12.5. The van der Waals surface area contributed by atoms with Gasteiger partial charge in [-0.2, -0.15) is 0 Å². The molecule has 0 aliphatic heterocycles. The van der Waals surface area contributed by atoms with Crippen molar-refractivity contribution in [3.05, 3.63) is 52.5 Å². The Morgan fingerprint density at radius 3 is 2.90 bits per heavy atom. The molecule has 2 heterocycles. The molecule has 1 aromatic carbocycles. The molecule has 100 valence electrons. The van der Waals surface area contributed by atoms with Crippen LogP contribution in [-0.4, -0.2) is 25.4 Å². The highest BCUT2D eigenvalue weighted by Gasteiger charge is 2.17. The third-order valence-electron chi connectivity index (χ3n) is 2.94. The molecule has 0 aliphatic rings. The minimum Gasteiger partial charge on any atom is -0.399 e. The second-order valence-electron chi connectivity index (χ2n) is 4.34. The summed E-state index contributed by atoms with van der Waals surface area (Å²) in [5.74, 6) is 0.162. The highest BCUT2D eigenvalue weighted by molar-refractivity contribution is 6.00. The van der Waals surface area contributed by atoms with Gasteiger partial charge < -0.3 is 10.7 Å². The van der Waals surface area contributed by atoms with Gasteiger partial charge in [0.25, 0.3) is 11.5 Å². The molecular formula is C13H11N5O2. The van der Waals surface area contributed by atoms with E-state index in [-0.39, 0.29) is 17.2 Å². The Kier molecular flexibility index (Phi) is 2.60. The molecule has 0 spiro atoms. The number of nitrogen functional groups attached to an aromatic ring is 1. The first kappa shape index (κ1) is 12.1. The number of imidazole rings is 1. The molecular weight excluding hydrogens is 258 g/mol. The van der Waals surface area contributed by atoms with Crippen LogP contribution in [0.3, 0.4) is 0 Å². The topological polar surface area (TPSA) is 107 Å². The van der Waals surface area contributed by atoms with Gasteiger partial charge in [-0.15, -0.1) is 0 Å². The van der Waals surface area contributed by atoms with Crippen LogP contribution in [0.5, 0.6) is 0 Å². The van der Waals surface area contributed by atoms with Crippen LogP contribution in [0.1, 0.15) is 16.3 Å². The maximum Gasteiger partial charge on any atom is 0.283 e. The van der Waals surface area contributed by atoms with Gasteiger partial charge in [0.15, 0.2) is 0 Å². The Morgan fingerprint density at radius 2 is 2.20 bits per heavy atom. The second kappa shape index (κ2) is 4.30. The summed E-state index contributed by atoms with van der Waals surface area (Å²) in [6.07, 6.45) is 2.35. The van der Waals surface area contributed by atoms with E-state index in [0.717, 1.165) is 6.20 Å². The number of hydrogen-bond donors (Lipinski definition) is 2. The number of aromatic amines is 1. The second-order valence-corrected chi connectivity index (χ2v) is 4.34. The highest BCUT2D eigenvalue weighted by atomic mass is 16.2. The Hall–Kier alpha value is -2.96. The first-order valence-electron chi connectivity index (χ1n) is 5.90. The number of H-pyrrole nitrogens is 1. The average Bonchev–Trinajstić information content (AvgIpc) is 2.74. The van der Waals surface area contributed by atoms with Gasteiger partial charge in [0.05, 0.1) is 17.2 Å². The predicted octanol–water partition coefficient (Wildman–Crippen LogP) is 0.699. The van der Waals surface area contributed by atoms with Crippen molar-refractivity contribution in [3.63, 3.8) is 0 Å². The Labute approximate surface area is 113 Å². The highest BCUT2D eigenvalue weighted by Crippen LogP contribution is 2.19. The molecule has 2 aromatic heterocycles. The van der Waals surface area contributed by atoms with Crippen molar-refractivity contribution in [2.75, 3.05) is 5.73 Å². The van der Waals surface area contributed by atoms with Crippen LogP contribution in [0.4, 0.5) is 5.69 Å². The summed E-state index contributed by atoms with van der Waals surface area (Å²) in [5.41, 5.74) is 7.35. The molecule has 0 fully saturated rings. The maximum atomic E-state index is 12.5. The number of nitrogens with one attached hydrogen (secondary N) is 1. The first-order chi connectivity index (χ1) is 9.56. The predicted molar refractivity (Wildman–Crippen MR) is 73.5 cm³/mol. The molecule has 0 amide bonds. The molecule has 0 saturated carbocycles. The normalized spacial score (nSPS) is 10.8. The van der Waals surface area contributed by atoms with Crippen molar-refractivity contribution in [2.45, 2.75) is 6.92 Å². The Bertz CT molecular complexity index is 858. The summed E-state index contributed by atoms with van der Waals surface area (Å²) in [7, 11) is 0. The summed E-state index contributed by atoms with van der Waals surface area (Å²) in [6, 6.07) is 5.16. The molecule has 7 nitrogen and oxygen atoms in total. The molecule has 0 saturated heterocycles. The number of rotatable bonds is 1. The number of aryl methyl sites for hydroxylation is 1. The van der Waals surface area contributed by atoms with Gasteiger partial charge in [0.2, 0.25) is 0 Å². The van der Waals surface area contributed by atoms with Gasteiger partial charge >= 0.3 is 0 Å². The van der Waals surface area contributed by atoms with Crippen LogP contribution < -0.4 is 11.3 Å². The molecule has 0 aliphatic carbocycles. The van der Waals surface area contributed by atoms with Gasteiger partial charge in [-0.25, -0.2) is 9.97 Å². The summed E-state index contributed by atoms with van der Waals surface area (Å²) in [5, 5.41) is 0. The molecule has 3 aromatic rings. The van der Waals surface area contributed by atoms with Crippen molar-refractivity contribution in [2.24, 2.45) is 0 Å². The van der Waals surface area contributed by atoms with Crippen molar-refractivity contribution >= 4 is 22.6 Å². The number of hydrogen-bond acceptors (Lipinski definition) is 5. The number of aromatic nitrogens is 4. The van der Waals surface area contributed by atoms with E-state index in [0.29, 0.717) is 22.5 Å². The summed E-state index contributed by atoms with van der Waals surface area (Å²) < 4.78 is 1.42. The number of benzene rings is 1. The van der Waals surface area contributed by atoms with Gasteiger partial charge in [0, 0.05) is 11.9 Å². The standard InChI is InChI=1S/C13H11N5O2/c1-7-17-9-3-2-8(14)4-11(9)18(7)13(20)10-5-16-12(19)6-15-10/h2-6H,14H2,1H3,(H,16,19). The van der Waals surface area contributed by atoms with E-state index in [2.05, 4.69) is 15.0 Å². The molecule has 0 radical (unpaired) electrons. The first-order valence-corrected chi connectivity index (χ1v) is 5.90. The lowest BCUT2D eigenvalue weighted by Crippen LogP contribution is -2.18. The zero-order valence-corrected chi connectivity index (χ0v) is 10.6. The SMILES string of the molecule is Cc1nc2ccc(N)cc2n1C(=O)c1c[nH]c(=O)cn1. The fourth-order valence-corrected chi connectivity index (χ4v) is 2.04. The fourth-order valence-electron chi connectivity index (χ4n) is 2.04. The molecule has 0 atom stereocenters. The van der Waals surface area contributed by atoms with E-state index in [4.69, 9.17) is 5.73 Å². The largest absolute Gasteiger partial charge is 0.399 e. The molecule has 3 rings (SSSR count). The van der Waals surface area contributed by atoms with E-state index < -0.39 is 0 Å². The third-order valence-corrected chi connectivity index (χ3v) is 2.94. The van der Waals surface area contributed by atoms with Crippen LogP contribution in [0, 0.1) is 6.92 Å². The fraction of sp³-hybridized carbons (Fsp3) is 0.0769. The van der Waals surface area contributed by atoms with Crippen LogP contribution in [0.2, 0.25) is 0 Å². The third kappa shape index (κ3) is 1.85. The van der Waals surface area contributed by atoms with E-state index in [1.54, 1.807) is 25.1 Å². The lowest BCUT2D eigenvalue weighted by Gasteiger charge is -2.04. The van der Waals surface area contributed by atoms with Crippen LogP contribution >= 0.6 is 0 Å². The quantitative estimate of drug-likeness (QED) is 0.632. The zero-order chi connectivity index (χ0) is 14.3. The summed E-state index contributed by atoms with van der Waals surface area (Å²) in [4.78, 5) is 34.0. The lowest BCUT2D eigenvalue weighted by molar-refractivity contribution is 0.0957. The Morgan fingerprint density at radius 1 is 1.40 bits per heavy atom. The number of nitrogens with zero attached hydrogens (tertiary/aromatic N) is 3. The van der Waals surface area contributed by atoms with Gasteiger partial charge in [-0.1, -0.05) is 0 Å². The number of fused-ring (bicyclic) bond motifs is 1. The summed E-state index contributed by atoms with van der Waals surface area (Å²) in [6.45, 7) is 1.72. The van der Waals surface area contributed by atoms with Crippen LogP contribution in [0.15, 0.2) is 35.4 Å². The van der Waals surface area contributed by atoms with Crippen molar-refractivity contribution in [1.29, 1.82) is 0 Å². The molecule has 3 N–H and O–H groups in total. The van der Waals surface area contributed by atoms with Crippen molar-refractivity contribution in [3.8, 4) is 0 Å². The van der Waals surface area contributed by atoms with Gasteiger partial charge in [0.1, 0.15) is 11.5 Å². The molecule has 0 bridgehead atoms. The van der Waals surface area contributed by atoms with Crippen LogP contribution in [-0.2, 0) is 0 Å². The van der Waals surface area contributed by atoms with Crippen LogP contribution in [0.25, 0.3) is 11.0 Å². The number of nitrogens with two attached hydrogens (primary N) is 1. The number of anilines is 1. The number of carbonyl (C=O) groups is 1. The van der Waals surface area contributed by atoms with E-state index in [1.807, 2.05) is 0 Å². The van der Waals surface area contributed by atoms with Crippen molar-refractivity contribution < 1.29 is 4.79 Å². The minimum atomic E-state index is -0.369. The number of carbonyl (C=O) groups excluding carboxylic acids is 1. The Balaban J connectivity index is 2.20. The van der Waals surface area contributed by atoms with E-state index >= 15 is 0 Å². The summed E-state index contributed by atoms with van der Waals surface area (Å²) >= 11 is 0. The molecule has 20 heavy (non-hydrogen) atoms. The van der Waals surface area contributed by atoms with Crippen molar-refractivity contribution in [1.82, 2.24) is 19.5 Å². The zero-order valence-electron chi connectivity index (χ0n) is 10.6.